The van der Waals surface area contributed by atoms with Gasteiger partial charge in [0.2, 0.25) is 0 Å². The number of hydrogen-bond donors (Lipinski definition) is 2. The molecule has 1 aliphatic carbocycles. The van der Waals surface area contributed by atoms with Crippen molar-refractivity contribution in [3.8, 4) is 0 Å². The van der Waals surface area contributed by atoms with Gasteiger partial charge in [-0.25, -0.2) is 10.8 Å². The van der Waals surface area contributed by atoms with Gasteiger partial charge < -0.3 is 14.9 Å². The Morgan fingerprint density at radius 2 is 2.21 bits per heavy atom. The Kier molecular flexibility index (Phi) is 5.39. The molecule has 19 heavy (non-hydrogen) atoms. The summed E-state index contributed by atoms with van der Waals surface area (Å²) in [6, 6.07) is 3.49. The SMILES string of the molecule is COC1CCCC(OCc2nc(NN)ccc2Cl)C1. The van der Waals surface area contributed by atoms with Gasteiger partial charge in [-0.15, -0.1) is 0 Å². The molecule has 1 aromatic heterocycles. The van der Waals surface area contributed by atoms with Crippen molar-refractivity contribution in [3.05, 3.63) is 22.8 Å². The standard InChI is InChI=1S/C13H20ClN3O2/c1-18-9-3-2-4-10(7-9)19-8-12-11(14)5-6-13(16-12)17-15/h5-6,9-10H,2-4,7-8,15H2,1H3,(H,16,17). The molecule has 2 unspecified atom stereocenters. The molecule has 1 heterocycles. The zero-order chi connectivity index (χ0) is 13.7. The van der Waals surface area contributed by atoms with E-state index in [-0.39, 0.29) is 6.10 Å². The van der Waals surface area contributed by atoms with E-state index in [9.17, 15) is 0 Å². The Bertz CT molecular complexity index is 417. The number of anilines is 1. The fourth-order valence-electron chi connectivity index (χ4n) is 2.33. The number of nitrogens with two attached hydrogens (primary N) is 1. The number of aromatic nitrogens is 1. The van der Waals surface area contributed by atoms with Crippen LogP contribution in [0, 0.1) is 0 Å². The number of rotatable bonds is 5. The van der Waals surface area contributed by atoms with Crippen LogP contribution in [0.15, 0.2) is 12.1 Å². The molecule has 1 saturated carbocycles. The summed E-state index contributed by atoms with van der Waals surface area (Å²) in [7, 11) is 1.75. The van der Waals surface area contributed by atoms with Crippen LogP contribution in [0.4, 0.5) is 5.82 Å². The van der Waals surface area contributed by atoms with Crippen LogP contribution in [0.25, 0.3) is 0 Å². The molecule has 2 rings (SSSR count). The summed E-state index contributed by atoms with van der Waals surface area (Å²) in [5, 5.41) is 0.595. The predicted octanol–water partition coefficient (Wildman–Crippen LogP) is 2.49. The number of nitrogen functional groups attached to an aromatic ring is 1. The van der Waals surface area contributed by atoms with Gasteiger partial charge in [-0.05, 0) is 37.8 Å². The number of hydrogen-bond acceptors (Lipinski definition) is 5. The average molecular weight is 286 g/mol. The Hall–Kier alpha value is -0.880. The van der Waals surface area contributed by atoms with Crippen molar-refractivity contribution < 1.29 is 9.47 Å². The molecule has 1 aromatic rings. The summed E-state index contributed by atoms with van der Waals surface area (Å²) >= 11 is 6.09. The van der Waals surface area contributed by atoms with Crippen molar-refractivity contribution in [2.24, 2.45) is 5.84 Å². The van der Waals surface area contributed by atoms with Crippen molar-refractivity contribution in [1.29, 1.82) is 0 Å². The normalized spacial score (nSPS) is 23.3. The van der Waals surface area contributed by atoms with Crippen LogP contribution in [0.5, 0.6) is 0 Å². The zero-order valence-electron chi connectivity index (χ0n) is 11.1. The van der Waals surface area contributed by atoms with E-state index in [1.54, 1.807) is 19.2 Å². The first-order valence-corrected chi connectivity index (χ1v) is 6.87. The monoisotopic (exact) mass is 285 g/mol. The van der Waals surface area contributed by atoms with E-state index in [1.807, 2.05) is 0 Å². The lowest BCUT2D eigenvalue weighted by Gasteiger charge is -2.28. The maximum Gasteiger partial charge on any atom is 0.140 e. The largest absolute Gasteiger partial charge is 0.381 e. The maximum absolute atomic E-state index is 6.09. The summed E-state index contributed by atoms with van der Waals surface area (Å²) in [4.78, 5) is 4.29. The highest BCUT2D eigenvalue weighted by Crippen LogP contribution is 2.25. The fourth-order valence-corrected chi connectivity index (χ4v) is 2.49. The van der Waals surface area contributed by atoms with Gasteiger partial charge in [0.15, 0.2) is 0 Å². The fraction of sp³-hybridized carbons (Fsp3) is 0.615. The molecule has 3 N–H and O–H groups in total. The van der Waals surface area contributed by atoms with E-state index in [1.165, 1.54) is 0 Å². The van der Waals surface area contributed by atoms with E-state index in [0.29, 0.717) is 29.2 Å². The van der Waals surface area contributed by atoms with Gasteiger partial charge in [0, 0.05) is 7.11 Å². The van der Waals surface area contributed by atoms with Gasteiger partial charge in [0.05, 0.1) is 29.5 Å². The van der Waals surface area contributed by atoms with Crippen molar-refractivity contribution >= 4 is 17.4 Å². The zero-order valence-corrected chi connectivity index (χ0v) is 11.8. The highest BCUT2D eigenvalue weighted by atomic mass is 35.5. The first kappa shape index (κ1) is 14.5. The van der Waals surface area contributed by atoms with Crippen LogP contribution >= 0.6 is 11.6 Å². The first-order valence-electron chi connectivity index (χ1n) is 6.49. The minimum Gasteiger partial charge on any atom is -0.381 e. The summed E-state index contributed by atoms with van der Waals surface area (Å²) in [5.41, 5.74) is 3.21. The van der Waals surface area contributed by atoms with Crippen molar-refractivity contribution in [1.82, 2.24) is 4.98 Å². The molecule has 5 nitrogen and oxygen atoms in total. The molecule has 0 amide bonds. The molecule has 106 valence electrons. The van der Waals surface area contributed by atoms with Crippen LogP contribution in [0.1, 0.15) is 31.4 Å². The lowest BCUT2D eigenvalue weighted by atomic mass is 9.95. The predicted molar refractivity (Wildman–Crippen MR) is 74.9 cm³/mol. The minimum atomic E-state index is 0.214. The number of methoxy groups -OCH3 is 1. The molecule has 2 atom stereocenters. The smallest absolute Gasteiger partial charge is 0.140 e. The number of pyridine rings is 1. The Balaban J connectivity index is 1.91. The number of nitrogens with one attached hydrogen (secondary N) is 1. The maximum atomic E-state index is 6.09. The van der Waals surface area contributed by atoms with Crippen molar-refractivity contribution in [3.63, 3.8) is 0 Å². The summed E-state index contributed by atoms with van der Waals surface area (Å²) in [5.74, 6) is 5.92. The molecule has 0 aliphatic heterocycles. The highest BCUT2D eigenvalue weighted by Gasteiger charge is 2.22. The Morgan fingerprint density at radius 1 is 1.42 bits per heavy atom. The van der Waals surface area contributed by atoms with Crippen molar-refractivity contribution in [2.75, 3.05) is 12.5 Å². The third-order valence-corrected chi connectivity index (χ3v) is 3.78. The van der Waals surface area contributed by atoms with E-state index < -0.39 is 0 Å². The molecule has 1 aliphatic rings. The molecule has 0 radical (unpaired) electrons. The number of ether oxygens (including phenoxy) is 2. The second-order valence-corrected chi connectivity index (χ2v) is 5.13. The second kappa shape index (κ2) is 7.05. The third-order valence-electron chi connectivity index (χ3n) is 3.43. The molecular weight excluding hydrogens is 266 g/mol. The van der Waals surface area contributed by atoms with Gasteiger partial charge in [-0.1, -0.05) is 11.6 Å². The molecular formula is C13H20ClN3O2. The molecule has 0 spiro atoms. The topological polar surface area (TPSA) is 69.4 Å². The van der Waals surface area contributed by atoms with Crippen LogP contribution in [-0.2, 0) is 16.1 Å². The van der Waals surface area contributed by atoms with Crippen LogP contribution in [0.3, 0.4) is 0 Å². The third kappa shape index (κ3) is 4.04. The van der Waals surface area contributed by atoms with E-state index in [4.69, 9.17) is 26.9 Å². The number of halogens is 1. The first-order chi connectivity index (χ1) is 9.22. The molecule has 0 bridgehead atoms. The van der Waals surface area contributed by atoms with E-state index in [2.05, 4.69) is 10.4 Å². The van der Waals surface area contributed by atoms with Crippen molar-refractivity contribution in [2.45, 2.75) is 44.5 Å². The Morgan fingerprint density at radius 3 is 2.95 bits per heavy atom. The molecule has 0 saturated heterocycles. The van der Waals surface area contributed by atoms with Gasteiger partial charge in [-0.3, -0.25) is 0 Å². The highest BCUT2D eigenvalue weighted by molar-refractivity contribution is 6.31. The van der Waals surface area contributed by atoms with Gasteiger partial charge in [0.1, 0.15) is 5.82 Å². The number of hydrazine groups is 1. The summed E-state index contributed by atoms with van der Waals surface area (Å²) in [6.45, 7) is 0.398. The van der Waals surface area contributed by atoms with Gasteiger partial charge in [-0.2, -0.15) is 0 Å². The second-order valence-electron chi connectivity index (χ2n) is 4.73. The molecule has 6 heteroatoms. The van der Waals surface area contributed by atoms with Crippen LogP contribution < -0.4 is 11.3 Å². The van der Waals surface area contributed by atoms with Gasteiger partial charge in [0.25, 0.3) is 0 Å². The Labute approximate surface area is 118 Å². The van der Waals surface area contributed by atoms with Gasteiger partial charge >= 0.3 is 0 Å². The van der Waals surface area contributed by atoms with E-state index >= 15 is 0 Å². The average Bonchev–Trinajstić information content (AvgIpc) is 2.46. The number of nitrogens with zero attached hydrogens (tertiary/aromatic N) is 1. The minimum absolute atomic E-state index is 0.214. The van der Waals surface area contributed by atoms with Crippen LogP contribution in [0.2, 0.25) is 5.02 Å². The lowest BCUT2D eigenvalue weighted by Crippen LogP contribution is -2.27. The molecule has 1 fully saturated rings. The lowest BCUT2D eigenvalue weighted by molar-refractivity contribution is -0.0371. The molecule has 0 aromatic carbocycles. The van der Waals surface area contributed by atoms with E-state index in [0.717, 1.165) is 25.7 Å². The van der Waals surface area contributed by atoms with Crippen LogP contribution in [-0.4, -0.2) is 24.3 Å². The summed E-state index contributed by atoms with van der Waals surface area (Å²) in [6.07, 6.45) is 4.76. The quantitative estimate of drug-likeness (QED) is 0.642. The summed E-state index contributed by atoms with van der Waals surface area (Å²) < 4.78 is 11.3.